The molecule has 1 N–H and O–H groups in total. The number of aromatic nitrogens is 3. The highest BCUT2D eigenvalue weighted by molar-refractivity contribution is 14.0. The fourth-order valence-electron chi connectivity index (χ4n) is 3.18. The number of methoxy groups -OCH3 is 1. The summed E-state index contributed by atoms with van der Waals surface area (Å²) in [7, 11) is 5.65. The van der Waals surface area contributed by atoms with E-state index in [0.717, 1.165) is 34.7 Å². The molecule has 0 unspecified atom stereocenters. The Morgan fingerprint density at radius 1 is 1.03 bits per heavy atom. The van der Waals surface area contributed by atoms with Gasteiger partial charge in [0.2, 0.25) is 0 Å². The highest BCUT2D eigenvalue weighted by Gasteiger charge is 2.11. The van der Waals surface area contributed by atoms with Gasteiger partial charge in [0.15, 0.2) is 11.8 Å². The molecule has 0 aliphatic rings. The van der Waals surface area contributed by atoms with Crippen molar-refractivity contribution in [1.29, 1.82) is 0 Å². The first-order valence-electron chi connectivity index (χ1n) is 10.7. The molecular formula is C24H33IN6O2. The van der Waals surface area contributed by atoms with Crippen LogP contribution in [0.15, 0.2) is 53.5 Å². The zero-order valence-electron chi connectivity index (χ0n) is 19.9. The molecule has 0 fully saturated rings. The topological polar surface area (TPSA) is 76.8 Å². The van der Waals surface area contributed by atoms with Crippen molar-refractivity contribution in [3.63, 3.8) is 0 Å². The lowest BCUT2D eigenvalue weighted by Crippen LogP contribution is -2.38. The standard InChI is InChI=1S/C24H32N6O2.HI/c1-6-32-22-13-9-20(10-14-22)17-29(3)24(26-16-23-28-27-18(2)30(23)4)25-15-19-7-11-21(31-5)12-8-19;/h7-14H,6,15-17H2,1-5H3,(H,25,26);1H. The second-order valence-corrected chi connectivity index (χ2v) is 7.50. The molecule has 0 aliphatic carbocycles. The Morgan fingerprint density at radius 2 is 1.67 bits per heavy atom. The van der Waals surface area contributed by atoms with Gasteiger partial charge in [0.1, 0.15) is 17.3 Å². The van der Waals surface area contributed by atoms with Crippen LogP contribution in [0.4, 0.5) is 0 Å². The number of aliphatic imine (C=N–C) groups is 1. The Balaban J connectivity index is 0.00000385. The molecule has 3 rings (SSSR count). The van der Waals surface area contributed by atoms with Crippen LogP contribution in [-0.2, 0) is 26.7 Å². The molecule has 0 saturated heterocycles. The average Bonchev–Trinajstić information content (AvgIpc) is 3.13. The van der Waals surface area contributed by atoms with E-state index < -0.39 is 0 Å². The molecule has 33 heavy (non-hydrogen) atoms. The summed E-state index contributed by atoms with van der Waals surface area (Å²) in [6.07, 6.45) is 0. The van der Waals surface area contributed by atoms with E-state index in [1.54, 1.807) is 7.11 Å². The van der Waals surface area contributed by atoms with Crippen LogP contribution >= 0.6 is 24.0 Å². The van der Waals surface area contributed by atoms with Gasteiger partial charge in [-0.05, 0) is 49.2 Å². The van der Waals surface area contributed by atoms with Crippen LogP contribution in [0.5, 0.6) is 11.5 Å². The largest absolute Gasteiger partial charge is 0.497 e. The first kappa shape index (κ1) is 26.4. The smallest absolute Gasteiger partial charge is 0.194 e. The van der Waals surface area contributed by atoms with Crippen molar-refractivity contribution in [3.8, 4) is 11.5 Å². The minimum absolute atomic E-state index is 0. The van der Waals surface area contributed by atoms with E-state index >= 15 is 0 Å². The van der Waals surface area contributed by atoms with Gasteiger partial charge in [0, 0.05) is 20.6 Å². The molecule has 0 spiro atoms. The number of rotatable bonds is 9. The zero-order valence-corrected chi connectivity index (χ0v) is 22.2. The highest BCUT2D eigenvalue weighted by Crippen LogP contribution is 2.14. The molecule has 1 heterocycles. The van der Waals surface area contributed by atoms with Crippen molar-refractivity contribution in [2.75, 3.05) is 20.8 Å². The van der Waals surface area contributed by atoms with Gasteiger partial charge in [-0.3, -0.25) is 0 Å². The summed E-state index contributed by atoms with van der Waals surface area (Å²) < 4.78 is 12.8. The third kappa shape index (κ3) is 7.62. The van der Waals surface area contributed by atoms with E-state index in [4.69, 9.17) is 14.5 Å². The SMILES string of the molecule is CCOc1ccc(CN(C)C(=NCc2ccc(OC)cc2)NCc2nnc(C)n2C)cc1.I. The molecule has 178 valence electrons. The lowest BCUT2D eigenvalue weighted by atomic mass is 10.2. The number of guanidine groups is 1. The third-order valence-electron chi connectivity index (χ3n) is 5.17. The van der Waals surface area contributed by atoms with Gasteiger partial charge >= 0.3 is 0 Å². The molecule has 9 heteroatoms. The molecule has 0 amide bonds. The number of halogens is 1. The van der Waals surface area contributed by atoms with Crippen molar-refractivity contribution in [3.05, 3.63) is 71.3 Å². The fraction of sp³-hybridized carbons (Fsp3) is 0.375. The van der Waals surface area contributed by atoms with Gasteiger partial charge in [-0.1, -0.05) is 24.3 Å². The predicted molar refractivity (Wildman–Crippen MR) is 141 cm³/mol. The van der Waals surface area contributed by atoms with Crippen LogP contribution in [0.3, 0.4) is 0 Å². The van der Waals surface area contributed by atoms with Crippen LogP contribution in [0.1, 0.15) is 29.7 Å². The van der Waals surface area contributed by atoms with E-state index in [1.165, 1.54) is 5.56 Å². The van der Waals surface area contributed by atoms with Crippen LogP contribution in [0.25, 0.3) is 0 Å². The number of ether oxygens (including phenoxy) is 2. The Kier molecular flexibility index (Phi) is 10.4. The maximum atomic E-state index is 5.54. The van der Waals surface area contributed by atoms with Crippen LogP contribution in [-0.4, -0.2) is 46.4 Å². The molecule has 8 nitrogen and oxygen atoms in total. The lowest BCUT2D eigenvalue weighted by Gasteiger charge is -2.23. The van der Waals surface area contributed by atoms with Gasteiger partial charge in [-0.2, -0.15) is 0 Å². The summed E-state index contributed by atoms with van der Waals surface area (Å²) in [5.41, 5.74) is 2.28. The minimum Gasteiger partial charge on any atom is -0.497 e. The van der Waals surface area contributed by atoms with Crippen molar-refractivity contribution < 1.29 is 9.47 Å². The first-order valence-corrected chi connectivity index (χ1v) is 10.7. The quantitative estimate of drug-likeness (QED) is 0.241. The number of nitrogens with one attached hydrogen (secondary N) is 1. The third-order valence-corrected chi connectivity index (χ3v) is 5.17. The van der Waals surface area contributed by atoms with E-state index in [9.17, 15) is 0 Å². The van der Waals surface area contributed by atoms with Crippen LogP contribution < -0.4 is 14.8 Å². The summed E-state index contributed by atoms with van der Waals surface area (Å²) in [6, 6.07) is 16.1. The Hall–Kier alpha value is -2.82. The van der Waals surface area contributed by atoms with Crippen molar-refractivity contribution in [1.82, 2.24) is 25.0 Å². The van der Waals surface area contributed by atoms with Crippen molar-refractivity contribution >= 4 is 29.9 Å². The lowest BCUT2D eigenvalue weighted by molar-refractivity contribution is 0.340. The van der Waals surface area contributed by atoms with Gasteiger partial charge in [-0.15, -0.1) is 34.2 Å². The average molecular weight is 564 g/mol. The normalized spacial score (nSPS) is 11.0. The zero-order chi connectivity index (χ0) is 22.9. The monoisotopic (exact) mass is 564 g/mol. The first-order chi connectivity index (χ1) is 15.5. The maximum absolute atomic E-state index is 5.54. The molecule has 0 atom stereocenters. The number of hydrogen-bond donors (Lipinski definition) is 1. The highest BCUT2D eigenvalue weighted by atomic mass is 127. The second kappa shape index (κ2) is 13.0. The maximum Gasteiger partial charge on any atom is 0.194 e. The molecule has 0 aliphatic heterocycles. The summed E-state index contributed by atoms with van der Waals surface area (Å²) in [5, 5.41) is 11.8. The van der Waals surface area contributed by atoms with E-state index in [-0.39, 0.29) is 24.0 Å². The number of benzene rings is 2. The Bertz CT molecular complexity index is 1020. The predicted octanol–water partition coefficient (Wildman–Crippen LogP) is 3.93. The molecule has 1 aromatic heterocycles. The van der Waals surface area contributed by atoms with Crippen LogP contribution in [0, 0.1) is 6.92 Å². The Morgan fingerprint density at radius 3 is 2.24 bits per heavy atom. The van der Waals surface area contributed by atoms with Crippen molar-refractivity contribution in [2.24, 2.45) is 12.0 Å². The summed E-state index contributed by atoms with van der Waals surface area (Å²) >= 11 is 0. The molecule has 0 saturated carbocycles. The second-order valence-electron chi connectivity index (χ2n) is 7.50. The minimum atomic E-state index is 0. The van der Waals surface area contributed by atoms with E-state index in [1.807, 2.05) is 68.9 Å². The van der Waals surface area contributed by atoms with Gasteiger partial charge in [-0.25, -0.2) is 4.99 Å². The van der Waals surface area contributed by atoms with E-state index in [0.29, 0.717) is 26.2 Å². The van der Waals surface area contributed by atoms with Gasteiger partial charge in [0.25, 0.3) is 0 Å². The molecule has 0 bridgehead atoms. The summed E-state index contributed by atoms with van der Waals surface area (Å²) in [4.78, 5) is 6.95. The van der Waals surface area contributed by atoms with Gasteiger partial charge < -0.3 is 24.3 Å². The Labute approximate surface area is 213 Å². The number of hydrogen-bond acceptors (Lipinski definition) is 5. The summed E-state index contributed by atoms with van der Waals surface area (Å²) in [6.45, 7) is 6.38. The van der Waals surface area contributed by atoms with E-state index in [2.05, 4.69) is 32.5 Å². The summed E-state index contributed by atoms with van der Waals surface area (Å²) in [5.74, 6) is 4.23. The van der Waals surface area contributed by atoms with Crippen LogP contribution in [0.2, 0.25) is 0 Å². The molecule has 3 aromatic rings. The molecule has 2 aromatic carbocycles. The molecular weight excluding hydrogens is 531 g/mol. The van der Waals surface area contributed by atoms with Gasteiger partial charge in [0.05, 0.1) is 26.8 Å². The molecule has 0 radical (unpaired) electrons. The van der Waals surface area contributed by atoms with Crippen molar-refractivity contribution in [2.45, 2.75) is 33.5 Å². The number of nitrogens with zero attached hydrogens (tertiary/aromatic N) is 5. The number of aryl methyl sites for hydroxylation is 1. The fourth-order valence-corrected chi connectivity index (χ4v) is 3.18.